The van der Waals surface area contributed by atoms with Crippen molar-refractivity contribution in [3.8, 4) is 28.4 Å². The highest BCUT2D eigenvalue weighted by molar-refractivity contribution is 6.01. The Labute approximate surface area is 203 Å². The summed E-state index contributed by atoms with van der Waals surface area (Å²) in [6, 6.07) is 6.93. The molecular weight excluding hydrogens is 479 g/mol. The Morgan fingerprint density at radius 1 is 1.17 bits per heavy atom. The van der Waals surface area contributed by atoms with Crippen LogP contribution in [0.3, 0.4) is 0 Å². The van der Waals surface area contributed by atoms with Gasteiger partial charge in [-0.15, -0.1) is 0 Å². The number of carbonyl (C=O) groups is 2. The Bertz CT molecular complexity index is 1470. The molecule has 3 aromatic rings. The van der Waals surface area contributed by atoms with Crippen LogP contribution in [0, 0.1) is 19.7 Å². The highest BCUT2D eigenvalue weighted by atomic mass is 19.3. The highest BCUT2D eigenvalue weighted by Crippen LogP contribution is 2.46. The third-order valence-corrected chi connectivity index (χ3v) is 5.42. The minimum atomic E-state index is -4.24. The van der Waals surface area contributed by atoms with Gasteiger partial charge in [0.05, 0.1) is 0 Å². The first-order valence-electron chi connectivity index (χ1n) is 10.6. The van der Waals surface area contributed by atoms with E-state index in [0.29, 0.717) is 16.9 Å². The number of benzene rings is 2. The fourth-order valence-electron chi connectivity index (χ4n) is 3.76. The van der Waals surface area contributed by atoms with Crippen LogP contribution < -0.4 is 25.7 Å². The summed E-state index contributed by atoms with van der Waals surface area (Å²) >= 11 is 0. The normalized spacial score (nSPS) is 13.8. The number of pyridine rings is 1. The van der Waals surface area contributed by atoms with Crippen LogP contribution in [-0.2, 0) is 16.6 Å². The molecule has 1 aliphatic rings. The SMILES string of the molecule is C=CC(=O)Nc1ccc(Oc2c(C)cc(F)cc2C)c(-c2cn(C)c(=O)c3c2OC(F)(F)C(=O)N3)c1. The lowest BCUT2D eigenvalue weighted by atomic mass is 10.0. The fourth-order valence-corrected chi connectivity index (χ4v) is 3.76. The Kier molecular flexibility index (Phi) is 6.09. The van der Waals surface area contributed by atoms with E-state index in [-0.39, 0.29) is 22.6 Å². The number of hydrogen-bond donors (Lipinski definition) is 2. The van der Waals surface area contributed by atoms with Crippen molar-refractivity contribution in [2.24, 2.45) is 7.05 Å². The molecule has 0 aliphatic carbocycles. The van der Waals surface area contributed by atoms with Crippen LogP contribution in [0.15, 0.2) is 54.0 Å². The van der Waals surface area contributed by atoms with Crippen LogP contribution in [0.1, 0.15) is 11.1 Å². The molecular formula is C25H20F3N3O5. The van der Waals surface area contributed by atoms with Crippen LogP contribution in [0.2, 0.25) is 0 Å². The zero-order chi connectivity index (χ0) is 26.4. The Balaban J connectivity index is 1.97. The number of fused-ring (bicyclic) bond motifs is 1. The van der Waals surface area contributed by atoms with Gasteiger partial charge in [-0.1, -0.05) is 6.58 Å². The van der Waals surface area contributed by atoms with Crippen molar-refractivity contribution in [1.82, 2.24) is 4.57 Å². The van der Waals surface area contributed by atoms with E-state index in [0.717, 1.165) is 10.6 Å². The van der Waals surface area contributed by atoms with Crippen LogP contribution in [0.4, 0.5) is 24.5 Å². The predicted molar refractivity (Wildman–Crippen MR) is 126 cm³/mol. The monoisotopic (exact) mass is 499 g/mol. The number of aryl methyl sites for hydroxylation is 3. The van der Waals surface area contributed by atoms with Crippen molar-refractivity contribution in [1.29, 1.82) is 0 Å². The van der Waals surface area contributed by atoms with Gasteiger partial charge in [-0.25, -0.2) is 4.39 Å². The largest absolute Gasteiger partial charge is 0.482 e. The van der Waals surface area contributed by atoms with Gasteiger partial charge in [0.2, 0.25) is 5.91 Å². The lowest BCUT2D eigenvalue weighted by Crippen LogP contribution is -2.45. The molecule has 0 unspecified atom stereocenters. The summed E-state index contributed by atoms with van der Waals surface area (Å²) in [5.41, 5.74) is 0.0460. The van der Waals surface area contributed by atoms with Crippen molar-refractivity contribution in [2.75, 3.05) is 10.6 Å². The molecule has 4 rings (SSSR count). The number of anilines is 2. The number of ether oxygens (including phenoxy) is 2. The number of aromatic nitrogens is 1. The Morgan fingerprint density at radius 3 is 2.47 bits per heavy atom. The second-order valence-electron chi connectivity index (χ2n) is 8.11. The van der Waals surface area contributed by atoms with Crippen molar-refractivity contribution < 1.29 is 32.2 Å². The molecule has 2 amide bonds. The van der Waals surface area contributed by atoms with Crippen LogP contribution in [0.25, 0.3) is 11.1 Å². The second kappa shape index (κ2) is 8.91. The first-order valence-corrected chi connectivity index (χ1v) is 10.6. The summed E-state index contributed by atoms with van der Waals surface area (Å²) < 4.78 is 54.1. The number of carbonyl (C=O) groups excluding carboxylic acids is 2. The summed E-state index contributed by atoms with van der Waals surface area (Å²) in [5.74, 6) is -2.92. The molecule has 0 saturated heterocycles. The molecule has 8 nitrogen and oxygen atoms in total. The van der Waals surface area contributed by atoms with Gasteiger partial charge >= 0.3 is 12.0 Å². The number of alkyl halides is 2. The predicted octanol–water partition coefficient (Wildman–Crippen LogP) is 4.65. The maximum absolute atomic E-state index is 14.2. The van der Waals surface area contributed by atoms with Crippen LogP contribution >= 0.6 is 0 Å². The van der Waals surface area contributed by atoms with E-state index < -0.39 is 40.7 Å². The van der Waals surface area contributed by atoms with E-state index in [1.54, 1.807) is 13.8 Å². The summed E-state index contributed by atoms with van der Waals surface area (Å²) in [6.07, 6.45) is -1.96. The van der Waals surface area contributed by atoms with Gasteiger partial charge in [-0.05, 0) is 61.4 Å². The quantitative estimate of drug-likeness (QED) is 0.498. The van der Waals surface area contributed by atoms with Gasteiger partial charge in [-0.3, -0.25) is 14.4 Å². The maximum Gasteiger partial charge on any atom is 0.482 e. The fraction of sp³-hybridized carbons (Fsp3) is 0.160. The van der Waals surface area contributed by atoms with Gasteiger partial charge in [0.1, 0.15) is 17.3 Å². The molecule has 1 aromatic heterocycles. The molecule has 0 saturated carbocycles. The summed E-state index contributed by atoms with van der Waals surface area (Å²) in [5, 5.41) is 4.47. The minimum Gasteiger partial charge on any atom is -0.456 e. The summed E-state index contributed by atoms with van der Waals surface area (Å²) in [6.45, 7) is 6.66. The zero-order valence-corrected chi connectivity index (χ0v) is 19.4. The molecule has 0 fully saturated rings. The van der Waals surface area contributed by atoms with E-state index >= 15 is 0 Å². The Morgan fingerprint density at radius 2 is 1.83 bits per heavy atom. The maximum atomic E-state index is 14.2. The lowest BCUT2D eigenvalue weighted by Gasteiger charge is -2.27. The van der Waals surface area contributed by atoms with E-state index in [2.05, 4.69) is 11.9 Å². The zero-order valence-electron chi connectivity index (χ0n) is 19.4. The average molecular weight is 499 g/mol. The molecule has 2 aromatic carbocycles. The van der Waals surface area contributed by atoms with Crippen LogP contribution in [0.5, 0.6) is 17.2 Å². The number of nitrogens with one attached hydrogen (secondary N) is 2. The van der Waals surface area contributed by atoms with Crippen molar-refractivity contribution in [3.63, 3.8) is 0 Å². The van der Waals surface area contributed by atoms with Crippen LogP contribution in [-0.4, -0.2) is 22.5 Å². The van der Waals surface area contributed by atoms with Gasteiger partial charge < -0.3 is 24.7 Å². The Hall–Kier alpha value is -4.54. The molecule has 0 bridgehead atoms. The molecule has 11 heteroatoms. The highest BCUT2D eigenvalue weighted by Gasteiger charge is 2.48. The first kappa shape index (κ1) is 24.6. The number of amides is 2. The lowest BCUT2D eigenvalue weighted by molar-refractivity contribution is -0.189. The van der Waals surface area contributed by atoms with Crippen molar-refractivity contribution >= 4 is 23.2 Å². The molecule has 186 valence electrons. The van der Waals surface area contributed by atoms with E-state index in [9.17, 15) is 27.6 Å². The van der Waals surface area contributed by atoms with Crippen molar-refractivity contribution in [3.05, 3.63) is 76.5 Å². The number of nitrogens with zero attached hydrogens (tertiary/aromatic N) is 1. The molecule has 36 heavy (non-hydrogen) atoms. The molecule has 0 radical (unpaired) electrons. The minimum absolute atomic E-state index is 0.0334. The molecule has 1 aliphatic heterocycles. The number of rotatable bonds is 5. The molecule has 0 spiro atoms. The molecule has 2 heterocycles. The van der Waals surface area contributed by atoms with Gasteiger partial charge in [-0.2, -0.15) is 8.78 Å². The van der Waals surface area contributed by atoms with E-state index in [4.69, 9.17) is 9.47 Å². The van der Waals surface area contributed by atoms with Gasteiger partial charge in [0.25, 0.3) is 5.56 Å². The first-order chi connectivity index (χ1) is 16.9. The third kappa shape index (κ3) is 4.42. The summed E-state index contributed by atoms with van der Waals surface area (Å²) in [7, 11) is 1.36. The third-order valence-electron chi connectivity index (χ3n) is 5.42. The van der Waals surface area contributed by atoms with E-state index in [1.165, 1.54) is 43.6 Å². The van der Waals surface area contributed by atoms with Crippen molar-refractivity contribution in [2.45, 2.75) is 20.0 Å². The topological polar surface area (TPSA) is 98.7 Å². The number of halogens is 3. The van der Waals surface area contributed by atoms with E-state index in [1.807, 2.05) is 5.32 Å². The van der Waals surface area contributed by atoms with Gasteiger partial charge in [0.15, 0.2) is 11.4 Å². The standard InChI is InChI=1S/C25H20F3N3O5/c1-5-19(32)29-15-6-7-18(35-21-12(2)8-14(26)9-13(21)3)16(10-15)17-11-31(4)23(33)20-22(17)36-25(27,28)24(34)30-20/h5-11H,1H2,2-4H3,(H,29,32)(H,30,34). The molecule has 0 atom stereocenters. The number of hydrogen-bond acceptors (Lipinski definition) is 5. The molecule has 2 N–H and O–H groups in total. The average Bonchev–Trinajstić information content (AvgIpc) is 2.80. The second-order valence-corrected chi connectivity index (χ2v) is 8.11. The van der Waals surface area contributed by atoms with Gasteiger partial charge in [0, 0.05) is 30.1 Å². The smallest absolute Gasteiger partial charge is 0.456 e. The summed E-state index contributed by atoms with van der Waals surface area (Å²) in [4.78, 5) is 36.2.